The van der Waals surface area contributed by atoms with Crippen LogP contribution in [0.3, 0.4) is 0 Å². The summed E-state index contributed by atoms with van der Waals surface area (Å²) in [4.78, 5) is 15.2. The fourth-order valence-corrected chi connectivity index (χ4v) is 4.74. The summed E-state index contributed by atoms with van der Waals surface area (Å²) in [6.45, 7) is 5.62. The molecular weight excluding hydrogens is 248 g/mol. The SMILES string of the molecule is CC(NC(=O)C1C2CC3CN(C2)CC31)c1ccccc1. The van der Waals surface area contributed by atoms with Crippen LogP contribution in [-0.2, 0) is 4.79 Å². The summed E-state index contributed by atoms with van der Waals surface area (Å²) in [6.07, 6.45) is 1.28. The molecule has 0 spiro atoms. The molecule has 3 aliphatic heterocycles. The smallest absolute Gasteiger partial charge is 0.224 e. The molecule has 20 heavy (non-hydrogen) atoms. The van der Waals surface area contributed by atoms with Gasteiger partial charge in [0, 0.05) is 25.6 Å². The van der Waals surface area contributed by atoms with E-state index in [4.69, 9.17) is 0 Å². The largest absolute Gasteiger partial charge is 0.349 e. The van der Waals surface area contributed by atoms with Gasteiger partial charge in [-0.1, -0.05) is 30.3 Å². The van der Waals surface area contributed by atoms with Crippen molar-refractivity contribution >= 4 is 5.91 Å². The summed E-state index contributed by atoms with van der Waals surface area (Å²) in [6, 6.07) is 10.4. The van der Waals surface area contributed by atoms with Crippen LogP contribution in [0.15, 0.2) is 30.3 Å². The van der Waals surface area contributed by atoms with Gasteiger partial charge in [0.2, 0.25) is 5.91 Å². The predicted octanol–water partition coefficient (Wildman–Crippen LogP) is 2.06. The Morgan fingerprint density at radius 3 is 2.70 bits per heavy atom. The van der Waals surface area contributed by atoms with Crippen LogP contribution in [0.25, 0.3) is 0 Å². The van der Waals surface area contributed by atoms with Gasteiger partial charge in [0.25, 0.3) is 0 Å². The Hall–Kier alpha value is -1.35. The van der Waals surface area contributed by atoms with Crippen molar-refractivity contribution in [3.05, 3.63) is 35.9 Å². The Kier molecular flexibility index (Phi) is 2.84. The first-order chi connectivity index (χ1) is 9.72. The highest BCUT2D eigenvalue weighted by Crippen LogP contribution is 2.51. The van der Waals surface area contributed by atoms with Crippen LogP contribution >= 0.6 is 0 Å². The fraction of sp³-hybridized carbons (Fsp3) is 0.588. The van der Waals surface area contributed by atoms with E-state index in [-0.39, 0.29) is 12.0 Å². The van der Waals surface area contributed by atoms with Crippen molar-refractivity contribution in [2.75, 3.05) is 19.6 Å². The molecule has 0 aromatic heterocycles. The summed E-state index contributed by atoms with van der Waals surface area (Å²) >= 11 is 0. The Morgan fingerprint density at radius 2 is 1.95 bits per heavy atom. The first-order valence-corrected chi connectivity index (χ1v) is 7.80. The number of piperidine rings is 2. The van der Waals surface area contributed by atoms with Crippen molar-refractivity contribution in [1.82, 2.24) is 10.2 Å². The summed E-state index contributed by atoms with van der Waals surface area (Å²) in [7, 11) is 0. The Morgan fingerprint density at radius 1 is 1.20 bits per heavy atom. The molecule has 1 N–H and O–H groups in total. The van der Waals surface area contributed by atoms with Crippen molar-refractivity contribution in [1.29, 1.82) is 0 Å². The average molecular weight is 270 g/mol. The highest BCUT2D eigenvalue weighted by atomic mass is 16.2. The lowest BCUT2D eigenvalue weighted by Gasteiger charge is -2.34. The van der Waals surface area contributed by atoms with Gasteiger partial charge < -0.3 is 10.2 Å². The van der Waals surface area contributed by atoms with E-state index < -0.39 is 0 Å². The molecule has 4 bridgehead atoms. The van der Waals surface area contributed by atoms with E-state index >= 15 is 0 Å². The first-order valence-electron chi connectivity index (χ1n) is 7.80. The van der Waals surface area contributed by atoms with Crippen molar-refractivity contribution in [2.45, 2.75) is 19.4 Å². The molecule has 1 amide bonds. The molecular formula is C17H22N2O. The molecule has 6 unspecified atom stereocenters. The zero-order chi connectivity index (χ0) is 13.7. The normalized spacial score (nSPS) is 39.0. The van der Waals surface area contributed by atoms with Crippen molar-refractivity contribution in [3.63, 3.8) is 0 Å². The fourth-order valence-electron chi connectivity index (χ4n) is 4.74. The van der Waals surface area contributed by atoms with E-state index in [9.17, 15) is 4.79 Å². The predicted molar refractivity (Wildman–Crippen MR) is 78.0 cm³/mol. The molecule has 1 aromatic rings. The highest BCUT2D eigenvalue weighted by Gasteiger charge is 2.55. The Bertz CT molecular complexity index is 511. The molecule has 3 heterocycles. The number of carbonyl (C=O) groups is 1. The number of nitrogens with one attached hydrogen (secondary N) is 1. The molecule has 1 aromatic carbocycles. The zero-order valence-electron chi connectivity index (χ0n) is 12.0. The summed E-state index contributed by atoms with van der Waals surface area (Å²) in [5.74, 6) is 2.58. The van der Waals surface area contributed by atoms with E-state index in [2.05, 4.69) is 29.3 Å². The van der Waals surface area contributed by atoms with Gasteiger partial charge in [0.1, 0.15) is 0 Å². The van der Waals surface area contributed by atoms with Crippen LogP contribution in [0, 0.1) is 23.7 Å². The third kappa shape index (κ3) is 1.87. The number of amides is 1. The van der Waals surface area contributed by atoms with Crippen LogP contribution in [0.1, 0.15) is 24.9 Å². The molecule has 5 rings (SSSR count). The molecule has 3 heteroatoms. The first kappa shape index (κ1) is 12.4. The molecule has 4 fully saturated rings. The van der Waals surface area contributed by atoms with Crippen LogP contribution in [0.2, 0.25) is 0 Å². The molecule has 0 radical (unpaired) electrons. The third-order valence-corrected chi connectivity index (χ3v) is 5.60. The van der Waals surface area contributed by atoms with E-state index in [1.165, 1.54) is 18.5 Å². The number of rotatable bonds is 3. The van der Waals surface area contributed by atoms with Crippen molar-refractivity contribution in [2.24, 2.45) is 23.7 Å². The monoisotopic (exact) mass is 270 g/mol. The van der Waals surface area contributed by atoms with E-state index in [1.807, 2.05) is 18.2 Å². The van der Waals surface area contributed by atoms with Gasteiger partial charge in [0.15, 0.2) is 0 Å². The lowest BCUT2D eigenvalue weighted by atomic mass is 9.85. The van der Waals surface area contributed by atoms with Crippen LogP contribution in [0.5, 0.6) is 0 Å². The summed E-state index contributed by atoms with van der Waals surface area (Å²) in [5, 5.41) is 3.25. The lowest BCUT2D eigenvalue weighted by Crippen LogP contribution is -2.45. The lowest BCUT2D eigenvalue weighted by molar-refractivity contribution is -0.129. The van der Waals surface area contributed by atoms with E-state index in [0.29, 0.717) is 17.7 Å². The number of carbonyl (C=O) groups excluding carboxylic acids is 1. The minimum atomic E-state index is 0.111. The molecule has 1 aliphatic carbocycles. The van der Waals surface area contributed by atoms with Gasteiger partial charge in [-0.05, 0) is 36.7 Å². The summed E-state index contributed by atoms with van der Waals surface area (Å²) in [5.41, 5.74) is 1.19. The molecule has 106 valence electrons. The third-order valence-electron chi connectivity index (χ3n) is 5.60. The minimum Gasteiger partial charge on any atom is -0.349 e. The van der Waals surface area contributed by atoms with Gasteiger partial charge in [0.05, 0.1) is 6.04 Å². The standard InChI is InChI=1S/C17H22N2O/c1-11(12-5-3-2-4-6-12)18-17(20)16-14-7-13-8-19(9-14)10-15(13)16/h2-6,11,13-16H,7-10H2,1H3,(H,18,20). The molecule has 3 saturated heterocycles. The molecule has 6 atom stereocenters. The molecule has 1 saturated carbocycles. The highest BCUT2D eigenvalue weighted by molar-refractivity contribution is 5.80. The number of benzene rings is 1. The molecule has 3 nitrogen and oxygen atoms in total. The van der Waals surface area contributed by atoms with Gasteiger partial charge in [-0.25, -0.2) is 0 Å². The Balaban J connectivity index is 1.46. The van der Waals surface area contributed by atoms with Crippen molar-refractivity contribution in [3.8, 4) is 0 Å². The maximum atomic E-state index is 12.7. The molecule has 4 aliphatic rings. The summed E-state index contributed by atoms with van der Waals surface area (Å²) < 4.78 is 0. The van der Waals surface area contributed by atoms with Gasteiger partial charge in [-0.3, -0.25) is 4.79 Å². The second-order valence-electron chi connectivity index (χ2n) is 6.81. The number of nitrogens with zero attached hydrogens (tertiary/aromatic N) is 1. The number of hydrogen-bond donors (Lipinski definition) is 1. The van der Waals surface area contributed by atoms with Crippen molar-refractivity contribution < 1.29 is 4.79 Å². The van der Waals surface area contributed by atoms with Crippen LogP contribution in [-0.4, -0.2) is 30.4 Å². The van der Waals surface area contributed by atoms with E-state index in [0.717, 1.165) is 19.0 Å². The Labute approximate surface area is 120 Å². The maximum absolute atomic E-state index is 12.7. The average Bonchev–Trinajstić information content (AvgIpc) is 2.87. The minimum absolute atomic E-state index is 0.111. The van der Waals surface area contributed by atoms with Crippen LogP contribution < -0.4 is 5.32 Å². The second kappa shape index (κ2) is 4.59. The van der Waals surface area contributed by atoms with E-state index in [1.54, 1.807) is 0 Å². The number of hydrogen-bond acceptors (Lipinski definition) is 2. The zero-order valence-corrected chi connectivity index (χ0v) is 12.0. The quantitative estimate of drug-likeness (QED) is 0.912. The van der Waals surface area contributed by atoms with Gasteiger partial charge in [-0.2, -0.15) is 0 Å². The topological polar surface area (TPSA) is 32.3 Å². The second-order valence-corrected chi connectivity index (χ2v) is 6.81. The van der Waals surface area contributed by atoms with Crippen LogP contribution in [0.4, 0.5) is 0 Å². The van der Waals surface area contributed by atoms with Gasteiger partial charge in [-0.15, -0.1) is 0 Å². The van der Waals surface area contributed by atoms with Gasteiger partial charge >= 0.3 is 0 Å². The maximum Gasteiger partial charge on any atom is 0.224 e.